The summed E-state index contributed by atoms with van der Waals surface area (Å²) in [6, 6.07) is 1.84. The van der Waals surface area contributed by atoms with Crippen molar-refractivity contribution >= 4 is 28.3 Å². The van der Waals surface area contributed by atoms with Crippen LogP contribution in [0, 0.1) is 5.92 Å². The molecule has 82 valence electrons. The number of nitrogen functional groups attached to an aromatic ring is 1. The predicted molar refractivity (Wildman–Crippen MR) is 58.9 cm³/mol. The largest absolute Gasteiger partial charge is 0.469 e. The van der Waals surface area contributed by atoms with Gasteiger partial charge in [-0.05, 0) is 18.0 Å². The molecule has 6 heteroatoms. The lowest BCUT2D eigenvalue weighted by Gasteiger charge is -2.14. The monoisotopic (exact) mass is 227 g/mol. The van der Waals surface area contributed by atoms with Crippen molar-refractivity contribution in [1.29, 1.82) is 0 Å². The minimum atomic E-state index is -0.130. The molecule has 0 aliphatic carbocycles. The summed E-state index contributed by atoms with van der Waals surface area (Å²) in [7, 11) is 1.43. The van der Waals surface area contributed by atoms with Crippen LogP contribution in [0.15, 0.2) is 6.07 Å². The standard InChI is InChI=1S/C9H13N3O2S/c1-14-9(13)6-2-3-12(5-6)8-4-7(10)11-15-8/h4,6H,2-3,5H2,1H3,(H2,10,11). The molecule has 0 saturated carbocycles. The molecule has 1 fully saturated rings. The van der Waals surface area contributed by atoms with E-state index in [1.54, 1.807) is 0 Å². The van der Waals surface area contributed by atoms with Crippen LogP contribution in [0.4, 0.5) is 10.8 Å². The number of nitrogens with zero attached hydrogens (tertiary/aromatic N) is 2. The lowest BCUT2D eigenvalue weighted by Crippen LogP contribution is -2.22. The highest BCUT2D eigenvalue weighted by atomic mass is 32.1. The average molecular weight is 227 g/mol. The Hall–Kier alpha value is -1.30. The number of carbonyl (C=O) groups excluding carboxylic acids is 1. The fourth-order valence-corrected chi connectivity index (χ4v) is 2.45. The summed E-state index contributed by atoms with van der Waals surface area (Å²) >= 11 is 1.37. The molecule has 1 saturated heterocycles. The molecule has 0 bridgehead atoms. The Kier molecular flexibility index (Phi) is 2.77. The second kappa shape index (κ2) is 4.06. The predicted octanol–water partition coefficient (Wildman–Crippen LogP) is 0.725. The van der Waals surface area contributed by atoms with E-state index in [4.69, 9.17) is 10.5 Å². The lowest BCUT2D eigenvalue weighted by molar-refractivity contribution is -0.144. The molecule has 1 atom stereocenters. The van der Waals surface area contributed by atoms with E-state index < -0.39 is 0 Å². The van der Waals surface area contributed by atoms with Gasteiger partial charge in [0.2, 0.25) is 0 Å². The van der Waals surface area contributed by atoms with Crippen LogP contribution in [0.1, 0.15) is 6.42 Å². The highest BCUT2D eigenvalue weighted by molar-refractivity contribution is 7.10. The Morgan fingerprint density at radius 2 is 2.60 bits per heavy atom. The normalized spacial score (nSPS) is 20.6. The van der Waals surface area contributed by atoms with Crippen molar-refractivity contribution in [2.75, 3.05) is 30.8 Å². The second-order valence-electron chi connectivity index (χ2n) is 3.54. The van der Waals surface area contributed by atoms with Gasteiger partial charge in [-0.2, -0.15) is 4.37 Å². The lowest BCUT2D eigenvalue weighted by atomic mass is 10.1. The van der Waals surface area contributed by atoms with Gasteiger partial charge < -0.3 is 15.4 Å². The summed E-state index contributed by atoms with van der Waals surface area (Å²) < 4.78 is 8.73. The van der Waals surface area contributed by atoms with E-state index in [1.807, 2.05) is 6.07 Å². The number of ether oxygens (including phenoxy) is 1. The van der Waals surface area contributed by atoms with Crippen LogP contribution in [-0.2, 0) is 9.53 Å². The first-order valence-electron chi connectivity index (χ1n) is 4.75. The fraction of sp³-hybridized carbons (Fsp3) is 0.556. The van der Waals surface area contributed by atoms with E-state index in [9.17, 15) is 4.79 Å². The van der Waals surface area contributed by atoms with E-state index in [1.165, 1.54) is 18.6 Å². The van der Waals surface area contributed by atoms with Gasteiger partial charge in [0.1, 0.15) is 10.8 Å². The SMILES string of the molecule is COC(=O)C1CCN(c2cc(N)ns2)C1. The number of anilines is 2. The van der Waals surface area contributed by atoms with Gasteiger partial charge >= 0.3 is 5.97 Å². The Balaban J connectivity index is 2.01. The molecule has 15 heavy (non-hydrogen) atoms. The van der Waals surface area contributed by atoms with Crippen molar-refractivity contribution in [3.8, 4) is 0 Å². The van der Waals surface area contributed by atoms with Crippen molar-refractivity contribution in [2.45, 2.75) is 6.42 Å². The average Bonchev–Trinajstić information content (AvgIpc) is 2.84. The topological polar surface area (TPSA) is 68.5 Å². The smallest absolute Gasteiger partial charge is 0.310 e. The number of carbonyl (C=O) groups is 1. The number of aromatic nitrogens is 1. The van der Waals surface area contributed by atoms with Crippen LogP contribution in [0.5, 0.6) is 0 Å². The number of hydrogen-bond donors (Lipinski definition) is 1. The van der Waals surface area contributed by atoms with Gasteiger partial charge in [0, 0.05) is 19.2 Å². The number of esters is 1. The molecule has 5 nitrogen and oxygen atoms in total. The van der Waals surface area contributed by atoms with E-state index in [2.05, 4.69) is 9.27 Å². The molecule has 0 radical (unpaired) electrons. The number of methoxy groups -OCH3 is 1. The Bertz CT molecular complexity index is 366. The minimum absolute atomic E-state index is 0.0154. The molecule has 0 spiro atoms. The molecule has 2 rings (SSSR count). The van der Waals surface area contributed by atoms with Crippen LogP contribution >= 0.6 is 11.5 Å². The van der Waals surface area contributed by atoms with Gasteiger partial charge in [0.15, 0.2) is 0 Å². The van der Waals surface area contributed by atoms with Crippen molar-refractivity contribution in [1.82, 2.24) is 4.37 Å². The highest BCUT2D eigenvalue weighted by Gasteiger charge is 2.29. The van der Waals surface area contributed by atoms with Crippen molar-refractivity contribution in [2.24, 2.45) is 5.92 Å². The van der Waals surface area contributed by atoms with Crippen LogP contribution in [-0.4, -0.2) is 30.5 Å². The quantitative estimate of drug-likeness (QED) is 0.754. The summed E-state index contributed by atoms with van der Waals surface area (Å²) in [6.07, 6.45) is 0.838. The minimum Gasteiger partial charge on any atom is -0.469 e. The zero-order valence-electron chi connectivity index (χ0n) is 8.47. The van der Waals surface area contributed by atoms with Crippen molar-refractivity contribution in [3.63, 3.8) is 0 Å². The summed E-state index contributed by atoms with van der Waals surface area (Å²) in [5.41, 5.74) is 5.55. The molecule has 2 heterocycles. The summed E-state index contributed by atoms with van der Waals surface area (Å²) in [5, 5.41) is 1.03. The third kappa shape index (κ3) is 2.04. The molecular formula is C9H13N3O2S. The van der Waals surface area contributed by atoms with Gasteiger partial charge in [-0.3, -0.25) is 4.79 Å². The second-order valence-corrected chi connectivity index (χ2v) is 4.33. The zero-order valence-corrected chi connectivity index (χ0v) is 9.29. The third-order valence-corrected chi connectivity index (χ3v) is 3.42. The van der Waals surface area contributed by atoms with Crippen molar-refractivity contribution < 1.29 is 9.53 Å². The molecule has 1 aromatic heterocycles. The highest BCUT2D eigenvalue weighted by Crippen LogP contribution is 2.28. The molecule has 1 aliphatic heterocycles. The van der Waals surface area contributed by atoms with Crippen LogP contribution < -0.4 is 10.6 Å². The fourth-order valence-electron chi connectivity index (χ4n) is 1.75. The number of rotatable bonds is 2. The molecule has 1 aromatic rings. The van der Waals surface area contributed by atoms with Gasteiger partial charge in [-0.15, -0.1) is 0 Å². The van der Waals surface area contributed by atoms with Crippen LogP contribution in [0.25, 0.3) is 0 Å². The first kappa shape index (κ1) is 10.2. The van der Waals surface area contributed by atoms with Crippen molar-refractivity contribution in [3.05, 3.63) is 6.07 Å². The Morgan fingerprint density at radius 1 is 1.80 bits per heavy atom. The first-order chi connectivity index (χ1) is 7.20. The van der Waals surface area contributed by atoms with Gasteiger partial charge in [-0.1, -0.05) is 0 Å². The number of hydrogen-bond acceptors (Lipinski definition) is 6. The molecule has 1 unspecified atom stereocenters. The van der Waals surface area contributed by atoms with Crippen LogP contribution in [0.3, 0.4) is 0 Å². The van der Waals surface area contributed by atoms with Gasteiger partial charge in [0.25, 0.3) is 0 Å². The van der Waals surface area contributed by atoms with Gasteiger partial charge in [-0.25, -0.2) is 0 Å². The van der Waals surface area contributed by atoms with E-state index >= 15 is 0 Å². The Morgan fingerprint density at radius 3 is 3.20 bits per heavy atom. The maximum atomic E-state index is 11.3. The zero-order chi connectivity index (χ0) is 10.8. The Labute approximate surface area is 92.0 Å². The maximum Gasteiger partial charge on any atom is 0.310 e. The summed E-state index contributed by atoms with van der Waals surface area (Å²) in [4.78, 5) is 13.4. The number of nitrogens with two attached hydrogens (primary N) is 1. The van der Waals surface area contributed by atoms with Gasteiger partial charge in [0.05, 0.1) is 13.0 Å². The molecular weight excluding hydrogens is 214 g/mol. The molecule has 0 aromatic carbocycles. The van der Waals surface area contributed by atoms with Crippen LogP contribution in [0.2, 0.25) is 0 Å². The summed E-state index contributed by atoms with van der Waals surface area (Å²) in [5.74, 6) is 0.393. The van der Waals surface area contributed by atoms with E-state index in [-0.39, 0.29) is 11.9 Å². The molecule has 2 N–H and O–H groups in total. The maximum absolute atomic E-state index is 11.3. The molecule has 0 amide bonds. The third-order valence-electron chi connectivity index (χ3n) is 2.55. The summed E-state index contributed by atoms with van der Waals surface area (Å²) in [6.45, 7) is 1.57. The van der Waals surface area contributed by atoms with E-state index in [0.29, 0.717) is 12.4 Å². The van der Waals surface area contributed by atoms with E-state index in [0.717, 1.165) is 18.0 Å². The first-order valence-corrected chi connectivity index (χ1v) is 5.53. The molecule has 1 aliphatic rings.